The van der Waals surface area contributed by atoms with Crippen molar-refractivity contribution in [3.05, 3.63) is 42.2 Å². The van der Waals surface area contributed by atoms with Crippen molar-refractivity contribution in [2.75, 3.05) is 16.8 Å². The number of carbonyl (C=O) groups is 1. The van der Waals surface area contributed by atoms with Gasteiger partial charge >= 0.3 is 0 Å². The fraction of sp³-hybridized carbons (Fsp3) is 0.154. The highest BCUT2D eigenvalue weighted by molar-refractivity contribution is 8.00. The van der Waals surface area contributed by atoms with E-state index in [0.717, 1.165) is 10.5 Å². The van der Waals surface area contributed by atoms with Crippen molar-refractivity contribution in [3.8, 4) is 0 Å². The lowest BCUT2D eigenvalue weighted by Gasteiger charge is -2.06. The maximum absolute atomic E-state index is 11.7. The molecular formula is C13H14N4OS. The van der Waals surface area contributed by atoms with E-state index in [1.807, 2.05) is 25.1 Å². The predicted octanol–water partition coefficient (Wildman–Crippen LogP) is 2.10. The number of nitrogens with one attached hydrogen (secondary N) is 1. The third kappa shape index (κ3) is 3.96. The van der Waals surface area contributed by atoms with Gasteiger partial charge in [0.2, 0.25) is 11.9 Å². The monoisotopic (exact) mass is 274 g/mol. The fourth-order valence-electron chi connectivity index (χ4n) is 1.43. The summed E-state index contributed by atoms with van der Waals surface area (Å²) in [6.45, 7) is 1.99. The van der Waals surface area contributed by atoms with Gasteiger partial charge in [-0.25, -0.2) is 9.97 Å². The molecule has 0 saturated heterocycles. The molecule has 5 nitrogen and oxygen atoms in total. The Balaban J connectivity index is 1.92. The summed E-state index contributed by atoms with van der Waals surface area (Å²) in [6, 6.07) is 7.44. The third-order valence-electron chi connectivity index (χ3n) is 2.34. The second-order valence-electron chi connectivity index (χ2n) is 3.95. The zero-order valence-electron chi connectivity index (χ0n) is 10.5. The van der Waals surface area contributed by atoms with Gasteiger partial charge in [-0.15, -0.1) is 11.8 Å². The number of thioether (sulfide) groups is 1. The minimum absolute atomic E-state index is 0.155. The molecule has 2 aromatic rings. The Morgan fingerprint density at radius 3 is 2.84 bits per heavy atom. The minimum atomic E-state index is -0.155. The van der Waals surface area contributed by atoms with Gasteiger partial charge in [0.25, 0.3) is 0 Å². The molecule has 1 aromatic carbocycles. The van der Waals surface area contributed by atoms with E-state index in [2.05, 4.69) is 15.3 Å². The molecule has 0 unspecified atom stereocenters. The van der Waals surface area contributed by atoms with E-state index in [9.17, 15) is 4.79 Å². The van der Waals surface area contributed by atoms with E-state index in [0.29, 0.717) is 11.6 Å². The predicted molar refractivity (Wildman–Crippen MR) is 77.0 cm³/mol. The van der Waals surface area contributed by atoms with Gasteiger partial charge in [-0.2, -0.15) is 0 Å². The number of carbonyl (C=O) groups excluding carboxylic acids is 1. The molecular weight excluding hydrogens is 260 g/mol. The van der Waals surface area contributed by atoms with Crippen molar-refractivity contribution >= 4 is 29.3 Å². The molecule has 0 aliphatic rings. The maximum atomic E-state index is 11.7. The number of amides is 1. The summed E-state index contributed by atoms with van der Waals surface area (Å²) in [7, 11) is 0. The lowest BCUT2D eigenvalue weighted by Crippen LogP contribution is -2.15. The van der Waals surface area contributed by atoms with Crippen LogP contribution < -0.4 is 11.1 Å². The molecule has 0 aliphatic carbocycles. The first kappa shape index (κ1) is 13.4. The van der Waals surface area contributed by atoms with Crippen LogP contribution in [-0.2, 0) is 4.79 Å². The van der Waals surface area contributed by atoms with Crippen LogP contribution in [0.2, 0.25) is 0 Å². The summed E-state index contributed by atoms with van der Waals surface area (Å²) in [5.41, 5.74) is 7.65. The van der Waals surface area contributed by atoms with Gasteiger partial charge in [-0.05, 0) is 30.7 Å². The Bertz CT molecular complexity index is 574. The van der Waals surface area contributed by atoms with Crippen LogP contribution in [0.25, 0.3) is 0 Å². The van der Waals surface area contributed by atoms with Crippen molar-refractivity contribution < 1.29 is 4.79 Å². The van der Waals surface area contributed by atoms with E-state index in [4.69, 9.17) is 5.73 Å². The second-order valence-corrected chi connectivity index (χ2v) is 4.97. The molecule has 1 aromatic heterocycles. The molecule has 0 bridgehead atoms. The summed E-state index contributed by atoms with van der Waals surface area (Å²) in [6.07, 6.45) is 3.16. The average molecular weight is 274 g/mol. The molecule has 0 aliphatic heterocycles. The van der Waals surface area contributed by atoms with Crippen molar-refractivity contribution in [1.82, 2.24) is 9.97 Å². The van der Waals surface area contributed by atoms with Gasteiger partial charge in [0.05, 0.1) is 5.75 Å². The number of nitrogens with two attached hydrogens (primary N) is 1. The number of aromatic nitrogens is 2. The van der Waals surface area contributed by atoms with Crippen LogP contribution >= 0.6 is 11.8 Å². The Morgan fingerprint density at radius 1 is 1.37 bits per heavy atom. The Hall–Kier alpha value is -2.08. The molecule has 0 atom stereocenters. The quantitative estimate of drug-likeness (QED) is 0.659. The highest BCUT2D eigenvalue weighted by Gasteiger charge is 2.07. The van der Waals surface area contributed by atoms with E-state index in [-0.39, 0.29) is 11.7 Å². The van der Waals surface area contributed by atoms with Crippen LogP contribution in [-0.4, -0.2) is 21.6 Å². The normalized spacial score (nSPS) is 10.2. The standard InChI is InChI=1S/C13H14N4OS/c1-9-3-4-10(14)11(7-9)19-8-12(18)17-13-15-5-2-6-16-13/h2-7H,8,14H2,1H3,(H,15,16,17,18). The number of nitrogen functional groups attached to an aromatic ring is 1. The molecule has 19 heavy (non-hydrogen) atoms. The van der Waals surface area contributed by atoms with Crippen molar-refractivity contribution in [2.45, 2.75) is 11.8 Å². The van der Waals surface area contributed by atoms with E-state index < -0.39 is 0 Å². The number of nitrogens with zero attached hydrogens (tertiary/aromatic N) is 2. The Kier molecular flexibility index (Phi) is 4.35. The molecule has 0 fully saturated rings. The molecule has 3 N–H and O–H groups in total. The lowest BCUT2D eigenvalue weighted by atomic mass is 10.2. The summed E-state index contributed by atoms with van der Waals surface area (Å²) in [5, 5.41) is 2.62. The van der Waals surface area contributed by atoms with Crippen LogP contribution in [0.15, 0.2) is 41.6 Å². The molecule has 1 amide bonds. The maximum Gasteiger partial charge on any atom is 0.237 e. The van der Waals surface area contributed by atoms with Crippen molar-refractivity contribution in [1.29, 1.82) is 0 Å². The van der Waals surface area contributed by atoms with Gasteiger partial charge in [-0.1, -0.05) is 6.07 Å². The molecule has 1 heterocycles. The highest BCUT2D eigenvalue weighted by atomic mass is 32.2. The summed E-state index contributed by atoms with van der Waals surface area (Å²) < 4.78 is 0. The summed E-state index contributed by atoms with van der Waals surface area (Å²) in [4.78, 5) is 20.5. The van der Waals surface area contributed by atoms with Crippen LogP contribution in [0.5, 0.6) is 0 Å². The van der Waals surface area contributed by atoms with E-state index in [1.54, 1.807) is 18.5 Å². The second kappa shape index (κ2) is 6.19. The first-order valence-electron chi connectivity index (χ1n) is 5.71. The first-order chi connectivity index (χ1) is 9.15. The van der Waals surface area contributed by atoms with Crippen molar-refractivity contribution in [2.24, 2.45) is 0 Å². The highest BCUT2D eigenvalue weighted by Crippen LogP contribution is 2.25. The fourth-order valence-corrected chi connectivity index (χ4v) is 2.30. The molecule has 98 valence electrons. The summed E-state index contributed by atoms with van der Waals surface area (Å²) >= 11 is 1.40. The molecule has 2 rings (SSSR count). The van der Waals surface area contributed by atoms with Gasteiger partial charge in [0.15, 0.2) is 0 Å². The smallest absolute Gasteiger partial charge is 0.237 e. The van der Waals surface area contributed by atoms with Crippen LogP contribution in [0.4, 0.5) is 11.6 Å². The van der Waals surface area contributed by atoms with Gasteiger partial charge in [0, 0.05) is 23.0 Å². The largest absolute Gasteiger partial charge is 0.398 e. The van der Waals surface area contributed by atoms with Gasteiger partial charge in [0.1, 0.15) is 0 Å². The Morgan fingerprint density at radius 2 is 2.11 bits per heavy atom. The van der Waals surface area contributed by atoms with Gasteiger partial charge in [-0.3, -0.25) is 10.1 Å². The number of aryl methyl sites for hydroxylation is 1. The van der Waals surface area contributed by atoms with Crippen LogP contribution in [0, 0.1) is 6.92 Å². The molecule has 0 radical (unpaired) electrons. The third-order valence-corrected chi connectivity index (χ3v) is 3.42. The lowest BCUT2D eigenvalue weighted by molar-refractivity contribution is -0.113. The molecule has 0 spiro atoms. The minimum Gasteiger partial charge on any atom is -0.398 e. The number of hydrogen-bond acceptors (Lipinski definition) is 5. The molecule has 0 saturated carbocycles. The van der Waals surface area contributed by atoms with Crippen LogP contribution in [0.3, 0.4) is 0 Å². The van der Waals surface area contributed by atoms with E-state index >= 15 is 0 Å². The Labute approximate surface area is 115 Å². The number of hydrogen-bond donors (Lipinski definition) is 2. The number of anilines is 2. The van der Waals surface area contributed by atoms with Crippen LogP contribution in [0.1, 0.15) is 5.56 Å². The summed E-state index contributed by atoms with van der Waals surface area (Å²) in [5.74, 6) is 0.425. The van der Waals surface area contributed by atoms with E-state index in [1.165, 1.54) is 11.8 Å². The SMILES string of the molecule is Cc1ccc(N)c(SCC(=O)Nc2ncccn2)c1. The average Bonchev–Trinajstić information content (AvgIpc) is 2.41. The molecule has 6 heteroatoms. The topological polar surface area (TPSA) is 80.9 Å². The van der Waals surface area contributed by atoms with Gasteiger partial charge < -0.3 is 5.73 Å². The number of rotatable bonds is 4. The van der Waals surface area contributed by atoms with Crippen molar-refractivity contribution in [3.63, 3.8) is 0 Å². The zero-order chi connectivity index (χ0) is 13.7. The first-order valence-corrected chi connectivity index (χ1v) is 6.69. The zero-order valence-corrected chi connectivity index (χ0v) is 11.3. The number of benzene rings is 1.